The van der Waals surface area contributed by atoms with Crippen LogP contribution in [0.1, 0.15) is 43.0 Å². The number of nitrogens with zero attached hydrogens (tertiary/aromatic N) is 2. The Hall–Kier alpha value is -1.12. The van der Waals surface area contributed by atoms with Crippen LogP contribution < -0.4 is 10.6 Å². The van der Waals surface area contributed by atoms with Crippen molar-refractivity contribution in [3.63, 3.8) is 0 Å². The van der Waals surface area contributed by atoms with E-state index in [0.29, 0.717) is 12.0 Å². The zero-order valence-corrected chi connectivity index (χ0v) is 20.1. The van der Waals surface area contributed by atoms with Gasteiger partial charge in [0.25, 0.3) is 0 Å². The maximum atomic E-state index is 4.84. The van der Waals surface area contributed by atoms with Crippen molar-refractivity contribution in [3.05, 3.63) is 58.3 Å². The monoisotopic (exact) mass is 512 g/mol. The lowest BCUT2D eigenvalue weighted by molar-refractivity contribution is 0.198. The fourth-order valence-electron chi connectivity index (χ4n) is 3.48. The highest BCUT2D eigenvalue weighted by Gasteiger charge is 2.20. The summed E-state index contributed by atoms with van der Waals surface area (Å²) in [6.07, 6.45) is 2.33. The molecule has 3 rings (SSSR count). The number of benzene rings is 1. The average Bonchev–Trinajstić information content (AvgIpc) is 3.23. The van der Waals surface area contributed by atoms with Gasteiger partial charge in [0.05, 0.1) is 6.54 Å². The minimum Gasteiger partial charge on any atom is -0.357 e. The lowest BCUT2D eigenvalue weighted by atomic mass is 10.0. The van der Waals surface area contributed by atoms with E-state index in [1.54, 1.807) is 0 Å². The molecule has 1 aromatic carbocycles. The van der Waals surface area contributed by atoms with E-state index < -0.39 is 0 Å². The highest BCUT2D eigenvalue weighted by Crippen LogP contribution is 2.20. The van der Waals surface area contributed by atoms with E-state index in [-0.39, 0.29) is 24.0 Å². The minimum absolute atomic E-state index is 0. The number of thiophene rings is 1. The van der Waals surface area contributed by atoms with Crippen LogP contribution in [-0.2, 0) is 6.54 Å². The Balaban J connectivity index is 0.00000280. The molecule has 2 N–H and O–H groups in total. The van der Waals surface area contributed by atoms with Crippen LogP contribution >= 0.6 is 35.3 Å². The van der Waals surface area contributed by atoms with Crippen LogP contribution in [0.15, 0.2) is 52.8 Å². The van der Waals surface area contributed by atoms with Crippen molar-refractivity contribution < 1.29 is 0 Å². The normalized spacial score (nSPS) is 17.0. The summed E-state index contributed by atoms with van der Waals surface area (Å²) < 4.78 is 0. The van der Waals surface area contributed by atoms with Gasteiger partial charge in [-0.25, -0.2) is 0 Å². The maximum absolute atomic E-state index is 4.84. The topological polar surface area (TPSA) is 39.7 Å². The summed E-state index contributed by atoms with van der Waals surface area (Å²) in [5.41, 5.74) is 1.40. The first-order valence-corrected chi connectivity index (χ1v) is 11.0. The molecule has 1 fully saturated rings. The molecule has 1 unspecified atom stereocenters. The molecule has 0 aliphatic carbocycles. The summed E-state index contributed by atoms with van der Waals surface area (Å²) in [4.78, 5) is 8.80. The molecule has 1 atom stereocenters. The first-order chi connectivity index (χ1) is 13.2. The quantitative estimate of drug-likeness (QED) is 0.321. The van der Waals surface area contributed by atoms with Crippen LogP contribution in [-0.4, -0.2) is 43.1 Å². The number of hydrogen-bond acceptors (Lipinski definition) is 3. The van der Waals surface area contributed by atoms with Crippen LogP contribution in [0.25, 0.3) is 0 Å². The molecular formula is C22H33IN4S. The molecule has 0 bridgehead atoms. The Morgan fingerprint density at radius 3 is 2.57 bits per heavy atom. The van der Waals surface area contributed by atoms with Crippen LogP contribution in [0.5, 0.6) is 0 Å². The number of guanidine groups is 1. The third-order valence-electron chi connectivity index (χ3n) is 5.07. The summed E-state index contributed by atoms with van der Waals surface area (Å²) in [6, 6.07) is 15.6. The lowest BCUT2D eigenvalue weighted by Crippen LogP contribution is -2.48. The van der Waals surface area contributed by atoms with Gasteiger partial charge < -0.3 is 10.6 Å². The van der Waals surface area contributed by atoms with Gasteiger partial charge in [0, 0.05) is 43.0 Å². The third kappa shape index (κ3) is 7.37. The molecule has 0 spiro atoms. The predicted molar refractivity (Wildman–Crippen MR) is 132 cm³/mol. The van der Waals surface area contributed by atoms with Crippen LogP contribution in [0.3, 0.4) is 0 Å². The van der Waals surface area contributed by atoms with E-state index in [1.165, 1.54) is 10.4 Å². The van der Waals surface area contributed by atoms with Crippen LogP contribution in [0.2, 0.25) is 0 Å². The number of rotatable bonds is 7. The summed E-state index contributed by atoms with van der Waals surface area (Å²) in [5.74, 6) is 1.43. The maximum Gasteiger partial charge on any atom is 0.191 e. The molecule has 1 saturated heterocycles. The van der Waals surface area contributed by atoms with E-state index in [1.807, 2.05) is 11.3 Å². The Morgan fingerprint density at radius 1 is 1.18 bits per heavy atom. The molecule has 28 heavy (non-hydrogen) atoms. The number of piperidine rings is 1. The van der Waals surface area contributed by atoms with Crippen molar-refractivity contribution in [3.8, 4) is 0 Å². The number of nitrogens with one attached hydrogen (secondary N) is 2. The van der Waals surface area contributed by atoms with Crippen LogP contribution in [0, 0.1) is 0 Å². The van der Waals surface area contributed by atoms with Gasteiger partial charge in [-0.05, 0) is 36.8 Å². The Labute approximate surface area is 190 Å². The Kier molecular flexibility index (Phi) is 10.3. The molecule has 1 aliphatic heterocycles. The molecule has 154 valence electrons. The number of aliphatic imine (C=N–C) groups is 1. The second kappa shape index (κ2) is 12.4. The molecular weight excluding hydrogens is 479 g/mol. The third-order valence-corrected chi connectivity index (χ3v) is 6.18. The largest absolute Gasteiger partial charge is 0.357 e. The molecule has 6 heteroatoms. The molecule has 0 saturated carbocycles. The van der Waals surface area contributed by atoms with Gasteiger partial charge in [-0.15, -0.1) is 35.3 Å². The van der Waals surface area contributed by atoms with Gasteiger partial charge in [0.15, 0.2) is 5.96 Å². The zero-order chi connectivity index (χ0) is 18.9. The second-order valence-electron chi connectivity index (χ2n) is 7.32. The van der Waals surface area contributed by atoms with Crippen molar-refractivity contribution >= 4 is 41.3 Å². The van der Waals surface area contributed by atoms with E-state index >= 15 is 0 Å². The Morgan fingerprint density at radius 2 is 1.93 bits per heavy atom. The highest BCUT2D eigenvalue weighted by atomic mass is 127. The van der Waals surface area contributed by atoms with E-state index in [4.69, 9.17) is 4.99 Å². The molecule has 2 aromatic rings. The summed E-state index contributed by atoms with van der Waals surface area (Å²) in [6.45, 7) is 9.42. The van der Waals surface area contributed by atoms with Crippen LogP contribution in [0.4, 0.5) is 0 Å². The number of halogens is 1. The number of hydrogen-bond donors (Lipinski definition) is 2. The lowest BCUT2D eigenvalue weighted by Gasteiger charge is -2.33. The first-order valence-electron chi connectivity index (χ1n) is 10.1. The Bertz CT molecular complexity index is 682. The molecule has 1 aromatic heterocycles. The van der Waals surface area contributed by atoms with Gasteiger partial charge in [-0.1, -0.05) is 43.3 Å². The van der Waals surface area contributed by atoms with Gasteiger partial charge in [0.2, 0.25) is 0 Å². The van der Waals surface area contributed by atoms with Crippen molar-refractivity contribution in [1.82, 2.24) is 15.5 Å². The molecule has 2 heterocycles. The van der Waals surface area contributed by atoms with Gasteiger partial charge >= 0.3 is 0 Å². The van der Waals surface area contributed by atoms with Crippen molar-refractivity contribution in [2.45, 2.75) is 45.2 Å². The SMILES string of the molecule is CCNC(=NCC(C)c1cccs1)NC1CCN(Cc2ccccc2)CC1.I. The fraction of sp³-hybridized carbons (Fsp3) is 0.500. The first kappa shape index (κ1) is 23.2. The molecule has 0 radical (unpaired) electrons. The second-order valence-corrected chi connectivity index (χ2v) is 8.30. The molecule has 4 nitrogen and oxygen atoms in total. The standard InChI is InChI=1S/C22H32N4S.HI/c1-3-23-22(24-16-18(2)21-10-7-15-27-21)25-20-11-13-26(14-12-20)17-19-8-5-4-6-9-19;/h4-10,15,18,20H,3,11-14,16-17H2,1-2H3,(H2,23,24,25);1H. The predicted octanol–water partition coefficient (Wildman–Crippen LogP) is 4.69. The van der Waals surface area contributed by atoms with E-state index in [0.717, 1.165) is 51.5 Å². The summed E-state index contributed by atoms with van der Waals surface area (Å²) >= 11 is 1.82. The van der Waals surface area contributed by atoms with Gasteiger partial charge in [0.1, 0.15) is 0 Å². The zero-order valence-electron chi connectivity index (χ0n) is 16.9. The van der Waals surface area contributed by atoms with Gasteiger partial charge in [-0.2, -0.15) is 0 Å². The summed E-state index contributed by atoms with van der Waals surface area (Å²) in [5, 5.41) is 9.21. The molecule has 0 amide bonds. The van der Waals surface area contributed by atoms with Crippen molar-refractivity contribution in [1.29, 1.82) is 0 Å². The smallest absolute Gasteiger partial charge is 0.191 e. The minimum atomic E-state index is 0. The van der Waals surface area contributed by atoms with Crippen molar-refractivity contribution in [2.24, 2.45) is 4.99 Å². The fourth-order valence-corrected chi connectivity index (χ4v) is 4.26. The van der Waals surface area contributed by atoms with E-state index in [9.17, 15) is 0 Å². The van der Waals surface area contributed by atoms with Crippen molar-refractivity contribution in [2.75, 3.05) is 26.2 Å². The van der Waals surface area contributed by atoms with Gasteiger partial charge in [-0.3, -0.25) is 9.89 Å². The number of likely N-dealkylation sites (tertiary alicyclic amines) is 1. The summed E-state index contributed by atoms with van der Waals surface area (Å²) in [7, 11) is 0. The average molecular weight is 513 g/mol. The highest BCUT2D eigenvalue weighted by molar-refractivity contribution is 14.0. The van der Waals surface area contributed by atoms with E-state index in [2.05, 4.69) is 77.2 Å². The molecule has 1 aliphatic rings.